The molecule has 2 nitrogen and oxygen atoms in total. The van der Waals surface area contributed by atoms with Crippen molar-refractivity contribution in [1.82, 2.24) is 0 Å². The van der Waals surface area contributed by atoms with Crippen LogP contribution in [0.25, 0.3) is 64.6 Å². The fourth-order valence-electron chi connectivity index (χ4n) is 5.33. The van der Waals surface area contributed by atoms with Crippen LogP contribution >= 0.6 is 0 Å². The molecule has 0 heterocycles. The van der Waals surface area contributed by atoms with E-state index in [1.807, 2.05) is 72.8 Å². The second kappa shape index (κ2) is 5.31. The van der Waals surface area contributed by atoms with Gasteiger partial charge in [-0.2, -0.15) is 0 Å². The highest BCUT2D eigenvalue weighted by Gasteiger charge is 2.21. The van der Waals surface area contributed by atoms with E-state index in [4.69, 9.17) is 0 Å². The van der Waals surface area contributed by atoms with Crippen LogP contribution in [0.1, 0.15) is 0 Å². The van der Waals surface area contributed by atoms with Gasteiger partial charge >= 0.3 is 0 Å². The van der Waals surface area contributed by atoms with Crippen LogP contribution in [0.4, 0.5) is 0 Å². The highest BCUT2D eigenvalue weighted by molar-refractivity contribution is 6.39. The predicted octanol–water partition coefficient (Wildman–Crippen LogP) is 6.20. The topological polar surface area (TPSA) is 34.1 Å². The predicted molar refractivity (Wildman–Crippen MR) is 126 cm³/mol. The Bertz CT molecular complexity index is 1930. The van der Waals surface area contributed by atoms with E-state index in [9.17, 15) is 9.59 Å². The SMILES string of the molecule is O=c1c2ccccc2c2c1c1ccccc1c1ccc3c4ccccc4c(=O)c3c12. The zero-order chi connectivity index (χ0) is 20.0. The van der Waals surface area contributed by atoms with Crippen molar-refractivity contribution in [2.24, 2.45) is 0 Å². The van der Waals surface area contributed by atoms with E-state index in [0.29, 0.717) is 5.39 Å². The maximum atomic E-state index is 13.5. The second-order valence-electron chi connectivity index (χ2n) is 7.96. The first-order valence-electron chi connectivity index (χ1n) is 10.1. The minimum Gasteiger partial charge on any atom is -0.289 e. The summed E-state index contributed by atoms with van der Waals surface area (Å²) in [6, 6.07) is 27.7. The molecule has 2 heteroatoms. The lowest BCUT2D eigenvalue weighted by molar-refractivity contribution is 1.80. The molecular formula is C28H14O2. The molecule has 0 aromatic heterocycles. The third-order valence-corrected chi connectivity index (χ3v) is 6.55. The van der Waals surface area contributed by atoms with E-state index in [1.165, 1.54) is 0 Å². The van der Waals surface area contributed by atoms with Crippen molar-refractivity contribution in [3.05, 3.63) is 105 Å². The van der Waals surface area contributed by atoms with Crippen LogP contribution in [-0.4, -0.2) is 0 Å². The fourth-order valence-corrected chi connectivity index (χ4v) is 5.33. The molecule has 0 aliphatic rings. The molecule has 138 valence electrons. The first kappa shape index (κ1) is 15.8. The van der Waals surface area contributed by atoms with Gasteiger partial charge in [-0.15, -0.1) is 0 Å². The van der Waals surface area contributed by atoms with E-state index in [2.05, 4.69) is 12.1 Å². The summed E-state index contributed by atoms with van der Waals surface area (Å²) in [5.74, 6) is 0. The Hall–Kier alpha value is -4.04. The summed E-state index contributed by atoms with van der Waals surface area (Å²) >= 11 is 0. The summed E-state index contributed by atoms with van der Waals surface area (Å²) in [4.78, 5) is 27.0. The van der Waals surface area contributed by atoms with Crippen LogP contribution in [0.2, 0.25) is 0 Å². The molecule has 30 heavy (non-hydrogen) atoms. The van der Waals surface area contributed by atoms with Gasteiger partial charge in [-0.05, 0) is 32.3 Å². The number of benzene rings is 5. The Balaban J connectivity index is 1.98. The van der Waals surface area contributed by atoms with Gasteiger partial charge in [0.05, 0.1) is 0 Å². The lowest BCUT2D eigenvalue weighted by atomic mass is 9.93. The van der Waals surface area contributed by atoms with Gasteiger partial charge in [0, 0.05) is 32.3 Å². The molecule has 0 unspecified atom stereocenters. The molecule has 0 spiro atoms. The largest absolute Gasteiger partial charge is 0.289 e. The van der Waals surface area contributed by atoms with Gasteiger partial charge in [-0.1, -0.05) is 84.9 Å². The average Bonchev–Trinajstić information content (AvgIpc) is 3.27. The number of hydrogen-bond donors (Lipinski definition) is 0. The highest BCUT2D eigenvalue weighted by atomic mass is 16.1. The summed E-state index contributed by atoms with van der Waals surface area (Å²) in [5, 5.41) is 10.5. The van der Waals surface area contributed by atoms with Crippen LogP contribution in [0.15, 0.2) is 94.5 Å². The summed E-state index contributed by atoms with van der Waals surface area (Å²) in [5.41, 5.74) is 0.0831. The smallest absolute Gasteiger partial charge is 0.194 e. The molecule has 7 aromatic rings. The monoisotopic (exact) mass is 382 g/mol. The Morgan fingerprint density at radius 3 is 1.13 bits per heavy atom. The minimum atomic E-state index is 0.0410. The Morgan fingerprint density at radius 2 is 0.600 bits per heavy atom. The van der Waals surface area contributed by atoms with E-state index >= 15 is 0 Å². The van der Waals surface area contributed by atoms with Crippen molar-refractivity contribution in [3.8, 4) is 0 Å². The molecule has 0 amide bonds. The number of fused-ring (bicyclic) bond motifs is 12. The standard InChI is InChI=1S/C28H14O2/c29-27-21-11-5-2-8-16(21)20-14-13-19-15-7-1-3-9-17(15)25-23(24(19)26(20)27)18-10-4-6-12-22(18)28(25)30/h1-14H. The Labute approximate surface area is 170 Å². The summed E-state index contributed by atoms with van der Waals surface area (Å²) < 4.78 is 0. The minimum absolute atomic E-state index is 0.0410. The molecule has 0 saturated carbocycles. The molecule has 0 fully saturated rings. The van der Waals surface area contributed by atoms with Crippen molar-refractivity contribution in [3.63, 3.8) is 0 Å². The van der Waals surface area contributed by atoms with Crippen LogP contribution in [0.3, 0.4) is 0 Å². The zero-order valence-electron chi connectivity index (χ0n) is 15.9. The van der Waals surface area contributed by atoms with Crippen LogP contribution in [0, 0.1) is 0 Å². The van der Waals surface area contributed by atoms with E-state index < -0.39 is 0 Å². The van der Waals surface area contributed by atoms with Gasteiger partial charge in [-0.25, -0.2) is 0 Å². The molecule has 0 radical (unpaired) electrons. The van der Waals surface area contributed by atoms with Gasteiger partial charge in [0.15, 0.2) is 10.9 Å². The lowest BCUT2D eigenvalue weighted by Gasteiger charge is -2.09. The van der Waals surface area contributed by atoms with Crippen LogP contribution in [-0.2, 0) is 0 Å². The quantitative estimate of drug-likeness (QED) is 0.293. The first-order chi connectivity index (χ1) is 14.8. The number of rotatable bonds is 0. The average molecular weight is 382 g/mol. The highest BCUT2D eigenvalue weighted by Crippen LogP contribution is 2.42. The van der Waals surface area contributed by atoms with E-state index in [-0.39, 0.29) is 10.9 Å². The van der Waals surface area contributed by atoms with Gasteiger partial charge < -0.3 is 0 Å². The third kappa shape index (κ3) is 1.71. The van der Waals surface area contributed by atoms with Crippen molar-refractivity contribution >= 4 is 64.6 Å². The Morgan fingerprint density at radius 1 is 0.300 bits per heavy atom. The maximum absolute atomic E-state index is 13.5. The fraction of sp³-hybridized carbons (Fsp3) is 0. The molecule has 0 aliphatic heterocycles. The first-order valence-corrected chi connectivity index (χ1v) is 10.1. The van der Waals surface area contributed by atoms with Gasteiger partial charge in [-0.3, -0.25) is 9.59 Å². The third-order valence-electron chi connectivity index (χ3n) is 6.55. The molecule has 7 rings (SSSR count). The number of hydrogen-bond acceptors (Lipinski definition) is 2. The van der Waals surface area contributed by atoms with Crippen LogP contribution < -0.4 is 10.9 Å². The molecule has 0 bridgehead atoms. The van der Waals surface area contributed by atoms with E-state index in [1.54, 1.807) is 0 Å². The van der Waals surface area contributed by atoms with Gasteiger partial charge in [0.2, 0.25) is 0 Å². The maximum Gasteiger partial charge on any atom is 0.194 e. The normalized spacial score (nSPS) is 12.3. The molecule has 0 N–H and O–H groups in total. The summed E-state index contributed by atoms with van der Waals surface area (Å²) in [6.07, 6.45) is 0. The molecule has 0 saturated heterocycles. The van der Waals surface area contributed by atoms with Gasteiger partial charge in [0.1, 0.15) is 0 Å². The molecule has 0 aliphatic carbocycles. The second-order valence-corrected chi connectivity index (χ2v) is 7.96. The zero-order valence-corrected chi connectivity index (χ0v) is 15.9. The van der Waals surface area contributed by atoms with Crippen molar-refractivity contribution < 1.29 is 0 Å². The van der Waals surface area contributed by atoms with Crippen molar-refractivity contribution in [1.29, 1.82) is 0 Å². The van der Waals surface area contributed by atoms with Crippen molar-refractivity contribution in [2.45, 2.75) is 0 Å². The van der Waals surface area contributed by atoms with Gasteiger partial charge in [0.25, 0.3) is 0 Å². The lowest BCUT2D eigenvalue weighted by Crippen LogP contribution is -1.97. The summed E-state index contributed by atoms with van der Waals surface area (Å²) in [6.45, 7) is 0. The molecule has 0 atom stereocenters. The van der Waals surface area contributed by atoms with E-state index in [0.717, 1.165) is 59.2 Å². The molecule has 7 aromatic carbocycles. The van der Waals surface area contributed by atoms with Crippen molar-refractivity contribution in [2.75, 3.05) is 0 Å². The van der Waals surface area contributed by atoms with Crippen LogP contribution in [0.5, 0.6) is 0 Å². The Kier molecular flexibility index (Phi) is 2.80. The summed E-state index contributed by atoms with van der Waals surface area (Å²) in [7, 11) is 0. The molecular weight excluding hydrogens is 368 g/mol.